The molecule has 1 saturated heterocycles. The Bertz CT molecular complexity index is 173. The van der Waals surface area contributed by atoms with Crippen LogP contribution in [0.25, 0.3) is 0 Å². The van der Waals surface area contributed by atoms with Gasteiger partial charge in [-0.3, -0.25) is 0 Å². The highest BCUT2D eigenvalue weighted by Gasteiger charge is 2.16. The molecular weight excluding hydrogens is 200 g/mol. The summed E-state index contributed by atoms with van der Waals surface area (Å²) in [7, 11) is 0. The lowest BCUT2D eigenvalue weighted by molar-refractivity contribution is 0.0733. The maximum atomic E-state index is 5.54. The molecule has 16 heavy (non-hydrogen) atoms. The fourth-order valence-electron chi connectivity index (χ4n) is 2.13. The van der Waals surface area contributed by atoms with Crippen molar-refractivity contribution in [3.05, 3.63) is 0 Å². The molecule has 96 valence electrons. The minimum atomic E-state index is 0.378. The molecule has 0 spiro atoms. The fraction of sp³-hybridized carbons (Fsp3) is 1.00. The van der Waals surface area contributed by atoms with Crippen LogP contribution >= 0.6 is 0 Å². The zero-order valence-corrected chi connectivity index (χ0v) is 11.2. The van der Waals surface area contributed by atoms with Crippen molar-refractivity contribution in [3.8, 4) is 0 Å². The van der Waals surface area contributed by atoms with Crippen molar-refractivity contribution in [1.82, 2.24) is 10.2 Å². The van der Waals surface area contributed by atoms with E-state index in [4.69, 9.17) is 4.74 Å². The first-order valence-electron chi connectivity index (χ1n) is 6.79. The van der Waals surface area contributed by atoms with Gasteiger partial charge in [0.15, 0.2) is 0 Å². The number of nitrogens with zero attached hydrogens (tertiary/aromatic N) is 1. The Morgan fingerprint density at radius 3 is 2.88 bits per heavy atom. The van der Waals surface area contributed by atoms with Crippen LogP contribution in [0.3, 0.4) is 0 Å². The third-order valence-corrected chi connectivity index (χ3v) is 3.15. The Morgan fingerprint density at radius 2 is 2.19 bits per heavy atom. The van der Waals surface area contributed by atoms with Gasteiger partial charge in [0.1, 0.15) is 0 Å². The van der Waals surface area contributed by atoms with Crippen LogP contribution in [-0.4, -0.2) is 49.8 Å². The van der Waals surface area contributed by atoms with Gasteiger partial charge in [-0.05, 0) is 39.7 Å². The molecule has 0 bridgehead atoms. The van der Waals surface area contributed by atoms with E-state index < -0.39 is 0 Å². The largest absolute Gasteiger partial charge is 0.379 e. The summed E-state index contributed by atoms with van der Waals surface area (Å²) >= 11 is 0. The number of nitrogens with one attached hydrogen (secondary N) is 1. The third-order valence-electron chi connectivity index (χ3n) is 3.15. The molecule has 0 radical (unpaired) electrons. The van der Waals surface area contributed by atoms with Crippen molar-refractivity contribution in [2.75, 3.05) is 32.8 Å². The lowest BCUT2D eigenvalue weighted by Crippen LogP contribution is -2.50. The average Bonchev–Trinajstić information content (AvgIpc) is 2.28. The SMILES string of the molecule is CCC1CN(CCCCOC(C)C)CCN1. The summed E-state index contributed by atoms with van der Waals surface area (Å²) in [6, 6.07) is 0.709. The first kappa shape index (κ1) is 13.9. The van der Waals surface area contributed by atoms with Gasteiger partial charge in [-0.1, -0.05) is 6.92 Å². The Morgan fingerprint density at radius 1 is 1.38 bits per heavy atom. The van der Waals surface area contributed by atoms with Gasteiger partial charge in [-0.25, -0.2) is 0 Å². The van der Waals surface area contributed by atoms with Gasteiger partial charge in [0.25, 0.3) is 0 Å². The topological polar surface area (TPSA) is 24.5 Å². The van der Waals surface area contributed by atoms with Crippen LogP contribution in [0.15, 0.2) is 0 Å². The lowest BCUT2D eigenvalue weighted by Gasteiger charge is -2.33. The minimum absolute atomic E-state index is 0.378. The summed E-state index contributed by atoms with van der Waals surface area (Å²) < 4.78 is 5.54. The first-order valence-corrected chi connectivity index (χ1v) is 6.79. The van der Waals surface area contributed by atoms with Crippen molar-refractivity contribution in [1.29, 1.82) is 0 Å². The zero-order valence-electron chi connectivity index (χ0n) is 11.2. The molecule has 0 saturated carbocycles. The van der Waals surface area contributed by atoms with Crippen molar-refractivity contribution < 1.29 is 4.74 Å². The maximum absolute atomic E-state index is 5.54. The van der Waals surface area contributed by atoms with E-state index in [2.05, 4.69) is 31.0 Å². The highest BCUT2D eigenvalue weighted by molar-refractivity contribution is 4.77. The van der Waals surface area contributed by atoms with Gasteiger partial charge in [0.2, 0.25) is 0 Å². The Balaban J connectivity index is 1.99. The molecule has 1 aliphatic heterocycles. The van der Waals surface area contributed by atoms with Crippen molar-refractivity contribution in [2.24, 2.45) is 0 Å². The Labute approximate surface area is 101 Å². The monoisotopic (exact) mass is 228 g/mol. The highest BCUT2D eigenvalue weighted by atomic mass is 16.5. The van der Waals surface area contributed by atoms with E-state index in [0.717, 1.165) is 13.2 Å². The predicted octanol–water partition coefficient (Wildman–Crippen LogP) is 1.88. The molecule has 1 aliphatic rings. The second kappa shape index (κ2) is 8.04. The number of unbranched alkanes of at least 4 members (excludes halogenated alkanes) is 1. The summed E-state index contributed by atoms with van der Waals surface area (Å²) in [5, 5.41) is 3.55. The maximum Gasteiger partial charge on any atom is 0.0518 e. The van der Waals surface area contributed by atoms with Gasteiger partial charge < -0.3 is 15.0 Å². The van der Waals surface area contributed by atoms with E-state index in [9.17, 15) is 0 Å². The van der Waals surface area contributed by atoms with E-state index in [1.165, 1.54) is 38.9 Å². The minimum Gasteiger partial charge on any atom is -0.379 e. The summed E-state index contributed by atoms with van der Waals surface area (Å²) in [6.07, 6.45) is 4.08. The molecule has 0 amide bonds. The quantitative estimate of drug-likeness (QED) is 0.673. The van der Waals surface area contributed by atoms with Gasteiger partial charge in [-0.2, -0.15) is 0 Å². The second-order valence-corrected chi connectivity index (χ2v) is 4.99. The molecule has 1 atom stereocenters. The van der Waals surface area contributed by atoms with Crippen LogP contribution in [0.4, 0.5) is 0 Å². The first-order chi connectivity index (χ1) is 7.72. The summed E-state index contributed by atoms with van der Waals surface area (Å²) in [5.74, 6) is 0. The van der Waals surface area contributed by atoms with Crippen LogP contribution in [-0.2, 0) is 4.74 Å². The van der Waals surface area contributed by atoms with Crippen LogP contribution in [0, 0.1) is 0 Å². The van der Waals surface area contributed by atoms with Gasteiger partial charge in [-0.15, -0.1) is 0 Å². The molecule has 1 rings (SSSR count). The van der Waals surface area contributed by atoms with Gasteiger partial charge in [0.05, 0.1) is 6.10 Å². The van der Waals surface area contributed by atoms with Crippen molar-refractivity contribution in [2.45, 2.75) is 52.2 Å². The van der Waals surface area contributed by atoms with Crippen molar-refractivity contribution >= 4 is 0 Å². The van der Waals surface area contributed by atoms with Gasteiger partial charge in [0, 0.05) is 32.3 Å². The Kier molecular flexibility index (Phi) is 7.01. The third kappa shape index (κ3) is 5.83. The number of rotatable bonds is 7. The van der Waals surface area contributed by atoms with E-state index in [0.29, 0.717) is 12.1 Å². The molecule has 1 heterocycles. The van der Waals surface area contributed by atoms with Crippen molar-refractivity contribution in [3.63, 3.8) is 0 Å². The second-order valence-electron chi connectivity index (χ2n) is 4.99. The summed E-state index contributed by atoms with van der Waals surface area (Å²) in [5.41, 5.74) is 0. The smallest absolute Gasteiger partial charge is 0.0518 e. The van der Waals surface area contributed by atoms with E-state index in [1.807, 2.05) is 0 Å². The van der Waals surface area contributed by atoms with E-state index >= 15 is 0 Å². The molecule has 3 nitrogen and oxygen atoms in total. The molecule has 0 aromatic rings. The normalized spacial score (nSPS) is 22.9. The van der Waals surface area contributed by atoms with Crippen LogP contribution < -0.4 is 5.32 Å². The van der Waals surface area contributed by atoms with Crippen LogP contribution in [0.1, 0.15) is 40.0 Å². The number of ether oxygens (including phenoxy) is 1. The molecule has 3 heteroatoms. The molecule has 0 aromatic heterocycles. The van der Waals surface area contributed by atoms with Crippen LogP contribution in [0.2, 0.25) is 0 Å². The van der Waals surface area contributed by atoms with E-state index in [-0.39, 0.29) is 0 Å². The summed E-state index contributed by atoms with van der Waals surface area (Å²) in [6.45, 7) is 12.2. The number of hydrogen-bond acceptors (Lipinski definition) is 3. The van der Waals surface area contributed by atoms with Crippen LogP contribution in [0.5, 0.6) is 0 Å². The molecular formula is C13H28N2O. The zero-order chi connectivity index (χ0) is 11.8. The molecule has 1 N–H and O–H groups in total. The number of piperazine rings is 1. The fourth-order valence-corrected chi connectivity index (χ4v) is 2.13. The molecule has 0 aliphatic carbocycles. The highest BCUT2D eigenvalue weighted by Crippen LogP contribution is 2.04. The van der Waals surface area contributed by atoms with Gasteiger partial charge >= 0.3 is 0 Å². The average molecular weight is 228 g/mol. The lowest BCUT2D eigenvalue weighted by atomic mass is 10.1. The molecule has 1 unspecified atom stereocenters. The van der Waals surface area contributed by atoms with E-state index in [1.54, 1.807) is 0 Å². The number of hydrogen-bond donors (Lipinski definition) is 1. The standard InChI is InChI=1S/C13H28N2O/c1-4-13-11-15(9-7-14-13)8-5-6-10-16-12(2)3/h12-14H,4-11H2,1-3H3. The summed E-state index contributed by atoms with van der Waals surface area (Å²) in [4.78, 5) is 2.58. The molecule has 0 aromatic carbocycles. The Hall–Kier alpha value is -0.120. The predicted molar refractivity (Wildman–Crippen MR) is 68.8 cm³/mol. The molecule has 1 fully saturated rings.